The van der Waals surface area contributed by atoms with Gasteiger partial charge in [0.15, 0.2) is 5.11 Å². The van der Waals surface area contributed by atoms with E-state index in [1.54, 1.807) is 7.11 Å². The number of methoxy groups -OCH3 is 1. The molecule has 2 aromatic rings. The van der Waals surface area contributed by atoms with Crippen LogP contribution in [-0.4, -0.2) is 43.4 Å². The molecule has 0 amide bonds. The predicted octanol–water partition coefficient (Wildman–Crippen LogP) is 2.69. The molecule has 0 unspecified atom stereocenters. The zero-order chi connectivity index (χ0) is 18.9. The van der Waals surface area contributed by atoms with Crippen LogP contribution < -0.4 is 15.4 Å². The molecular formula is C21H27N3O2S. The van der Waals surface area contributed by atoms with Gasteiger partial charge >= 0.3 is 0 Å². The second kappa shape index (κ2) is 10.3. The van der Waals surface area contributed by atoms with Gasteiger partial charge in [-0.05, 0) is 41.0 Å². The molecule has 1 aliphatic rings. The van der Waals surface area contributed by atoms with E-state index in [-0.39, 0.29) is 0 Å². The molecule has 1 aliphatic heterocycles. The number of benzene rings is 2. The summed E-state index contributed by atoms with van der Waals surface area (Å²) >= 11 is 5.37. The Balaban J connectivity index is 1.38. The summed E-state index contributed by atoms with van der Waals surface area (Å²) in [6, 6.07) is 16.7. The van der Waals surface area contributed by atoms with Crippen LogP contribution in [0, 0.1) is 0 Å². The zero-order valence-corrected chi connectivity index (χ0v) is 16.6. The fourth-order valence-electron chi connectivity index (χ4n) is 2.95. The summed E-state index contributed by atoms with van der Waals surface area (Å²) < 4.78 is 10.6. The average Bonchev–Trinajstić information content (AvgIpc) is 2.73. The molecule has 0 aliphatic carbocycles. The summed E-state index contributed by atoms with van der Waals surface area (Å²) in [4.78, 5) is 2.43. The van der Waals surface area contributed by atoms with Crippen molar-refractivity contribution in [3.63, 3.8) is 0 Å². The third-order valence-electron chi connectivity index (χ3n) is 4.60. The van der Waals surface area contributed by atoms with Crippen molar-refractivity contribution in [1.29, 1.82) is 0 Å². The van der Waals surface area contributed by atoms with Crippen LogP contribution in [0.2, 0.25) is 0 Å². The van der Waals surface area contributed by atoms with E-state index in [0.717, 1.165) is 44.2 Å². The molecule has 0 bridgehead atoms. The monoisotopic (exact) mass is 385 g/mol. The van der Waals surface area contributed by atoms with E-state index in [1.807, 2.05) is 24.3 Å². The Hall–Kier alpha value is -2.15. The Bertz CT molecular complexity index is 713. The molecule has 1 saturated heterocycles. The summed E-state index contributed by atoms with van der Waals surface area (Å²) in [5.74, 6) is 0.858. The van der Waals surface area contributed by atoms with Crippen molar-refractivity contribution in [3.8, 4) is 5.75 Å². The molecule has 5 nitrogen and oxygen atoms in total. The summed E-state index contributed by atoms with van der Waals surface area (Å²) in [5.41, 5.74) is 3.71. The van der Waals surface area contributed by atoms with Gasteiger partial charge in [0.25, 0.3) is 0 Å². The summed E-state index contributed by atoms with van der Waals surface area (Å²) in [5, 5.41) is 7.15. The van der Waals surface area contributed by atoms with E-state index in [4.69, 9.17) is 21.7 Å². The van der Waals surface area contributed by atoms with E-state index in [9.17, 15) is 0 Å². The van der Waals surface area contributed by atoms with Gasteiger partial charge in [-0.1, -0.05) is 36.4 Å². The van der Waals surface area contributed by atoms with Crippen molar-refractivity contribution in [2.24, 2.45) is 0 Å². The fraction of sp³-hybridized carbons (Fsp3) is 0.381. The zero-order valence-electron chi connectivity index (χ0n) is 15.7. The van der Waals surface area contributed by atoms with Gasteiger partial charge in [-0.2, -0.15) is 0 Å². The number of rotatable bonds is 7. The second-order valence-corrected chi connectivity index (χ2v) is 7.00. The average molecular weight is 386 g/mol. The van der Waals surface area contributed by atoms with Crippen molar-refractivity contribution in [1.82, 2.24) is 15.5 Å². The normalized spacial score (nSPS) is 14.6. The van der Waals surface area contributed by atoms with E-state index in [1.165, 1.54) is 11.1 Å². The fourth-order valence-corrected chi connectivity index (χ4v) is 3.09. The highest BCUT2D eigenvalue weighted by molar-refractivity contribution is 7.80. The maximum absolute atomic E-state index is 5.40. The topological polar surface area (TPSA) is 45.8 Å². The first-order valence-corrected chi connectivity index (χ1v) is 9.66. The number of nitrogens with zero attached hydrogens (tertiary/aromatic N) is 1. The SMILES string of the molecule is COc1ccc(CNC(=S)NCc2ccc(CN3CCOCC3)cc2)cc1. The number of hydrogen-bond donors (Lipinski definition) is 2. The molecule has 27 heavy (non-hydrogen) atoms. The van der Waals surface area contributed by atoms with Crippen molar-refractivity contribution in [2.75, 3.05) is 33.4 Å². The van der Waals surface area contributed by atoms with E-state index in [0.29, 0.717) is 18.2 Å². The smallest absolute Gasteiger partial charge is 0.166 e. The molecule has 3 rings (SSSR count). The first-order chi connectivity index (χ1) is 13.2. The largest absolute Gasteiger partial charge is 0.497 e. The number of hydrogen-bond acceptors (Lipinski definition) is 4. The minimum absolute atomic E-state index is 0.656. The minimum atomic E-state index is 0.656. The van der Waals surface area contributed by atoms with Crippen LogP contribution in [0.1, 0.15) is 16.7 Å². The number of thiocarbonyl (C=S) groups is 1. The molecular weight excluding hydrogens is 358 g/mol. The third kappa shape index (κ3) is 6.50. The molecule has 1 heterocycles. The lowest BCUT2D eigenvalue weighted by atomic mass is 10.1. The molecule has 0 saturated carbocycles. The van der Waals surface area contributed by atoms with Gasteiger partial charge in [-0.25, -0.2) is 0 Å². The molecule has 0 atom stereocenters. The molecule has 0 radical (unpaired) electrons. The van der Waals surface area contributed by atoms with Gasteiger partial charge in [0.2, 0.25) is 0 Å². The number of nitrogens with one attached hydrogen (secondary N) is 2. The van der Waals surface area contributed by atoms with Gasteiger partial charge in [-0.15, -0.1) is 0 Å². The summed E-state index contributed by atoms with van der Waals surface area (Å²) in [6.45, 7) is 6.08. The minimum Gasteiger partial charge on any atom is -0.497 e. The second-order valence-electron chi connectivity index (χ2n) is 6.59. The van der Waals surface area contributed by atoms with Crippen LogP contribution in [-0.2, 0) is 24.4 Å². The lowest BCUT2D eigenvalue weighted by Gasteiger charge is -2.26. The Morgan fingerprint density at radius 2 is 1.44 bits per heavy atom. The standard InChI is InChI=1S/C21H27N3O2S/c1-25-20-8-6-18(7-9-20)15-23-21(27)22-14-17-2-4-19(5-3-17)16-24-10-12-26-13-11-24/h2-9H,10-16H2,1H3,(H2,22,23,27). The molecule has 0 spiro atoms. The van der Waals surface area contributed by atoms with Crippen LogP contribution in [0.4, 0.5) is 0 Å². The highest BCUT2D eigenvalue weighted by atomic mass is 32.1. The molecule has 144 valence electrons. The number of ether oxygens (including phenoxy) is 2. The van der Waals surface area contributed by atoms with Gasteiger partial charge in [0.1, 0.15) is 5.75 Å². The van der Waals surface area contributed by atoms with E-state index < -0.39 is 0 Å². The Morgan fingerprint density at radius 1 is 0.926 bits per heavy atom. The van der Waals surface area contributed by atoms with Crippen LogP contribution in [0.5, 0.6) is 5.75 Å². The first kappa shape index (κ1) is 19.6. The first-order valence-electron chi connectivity index (χ1n) is 9.25. The maximum Gasteiger partial charge on any atom is 0.166 e. The molecule has 2 N–H and O–H groups in total. The van der Waals surface area contributed by atoms with Crippen molar-refractivity contribution in [3.05, 3.63) is 65.2 Å². The number of morpholine rings is 1. The quantitative estimate of drug-likeness (QED) is 0.715. The Kier molecular flexibility index (Phi) is 7.45. The lowest BCUT2D eigenvalue weighted by Crippen LogP contribution is -2.35. The summed E-state index contributed by atoms with van der Waals surface area (Å²) in [6.07, 6.45) is 0. The maximum atomic E-state index is 5.40. The van der Waals surface area contributed by atoms with E-state index in [2.05, 4.69) is 39.8 Å². The van der Waals surface area contributed by atoms with Gasteiger partial charge in [0, 0.05) is 32.7 Å². The Morgan fingerprint density at radius 3 is 2.00 bits per heavy atom. The van der Waals surface area contributed by atoms with Crippen molar-refractivity contribution >= 4 is 17.3 Å². The third-order valence-corrected chi connectivity index (χ3v) is 4.89. The highest BCUT2D eigenvalue weighted by Gasteiger charge is 2.10. The van der Waals surface area contributed by atoms with Crippen LogP contribution in [0.3, 0.4) is 0 Å². The molecule has 2 aromatic carbocycles. The summed E-state index contributed by atoms with van der Waals surface area (Å²) in [7, 11) is 1.67. The highest BCUT2D eigenvalue weighted by Crippen LogP contribution is 2.11. The predicted molar refractivity (Wildman–Crippen MR) is 112 cm³/mol. The van der Waals surface area contributed by atoms with E-state index >= 15 is 0 Å². The van der Waals surface area contributed by atoms with Gasteiger partial charge in [0.05, 0.1) is 20.3 Å². The van der Waals surface area contributed by atoms with Gasteiger partial charge < -0.3 is 20.1 Å². The Labute approximate surface area is 166 Å². The van der Waals surface area contributed by atoms with Crippen LogP contribution in [0.25, 0.3) is 0 Å². The van der Waals surface area contributed by atoms with Crippen molar-refractivity contribution in [2.45, 2.75) is 19.6 Å². The van der Waals surface area contributed by atoms with Crippen molar-refractivity contribution < 1.29 is 9.47 Å². The molecule has 1 fully saturated rings. The molecule has 0 aromatic heterocycles. The lowest BCUT2D eigenvalue weighted by molar-refractivity contribution is 0.0342. The molecule has 6 heteroatoms. The van der Waals surface area contributed by atoms with Crippen LogP contribution in [0.15, 0.2) is 48.5 Å². The van der Waals surface area contributed by atoms with Gasteiger partial charge in [-0.3, -0.25) is 4.90 Å². The van der Waals surface area contributed by atoms with Crippen LogP contribution >= 0.6 is 12.2 Å².